The van der Waals surface area contributed by atoms with E-state index >= 15 is 0 Å². The van der Waals surface area contributed by atoms with Gasteiger partial charge in [-0.2, -0.15) is 0 Å². The molecule has 7 heteroatoms. The Hall–Kier alpha value is -3.45. The maximum absolute atomic E-state index is 11.4. The van der Waals surface area contributed by atoms with Crippen molar-refractivity contribution in [3.8, 4) is 0 Å². The molecule has 0 bridgehead atoms. The van der Waals surface area contributed by atoms with Gasteiger partial charge in [-0.05, 0) is 23.6 Å². The number of carbonyl (C=O) groups is 1. The monoisotopic (exact) mass is 460 g/mol. The third kappa shape index (κ3) is 5.91. The maximum atomic E-state index is 11.4. The number of carbonyl (C=O) groups excluding carboxylic acids is 1. The Kier molecular flexibility index (Phi) is 8.99. The first-order valence-corrected chi connectivity index (χ1v) is 12.1. The van der Waals surface area contributed by atoms with Gasteiger partial charge in [0.1, 0.15) is 11.3 Å². The average molecular weight is 461 g/mol. The molecule has 180 valence electrons. The Morgan fingerprint density at radius 3 is 2.35 bits per heavy atom. The van der Waals surface area contributed by atoms with Crippen LogP contribution < -0.4 is 16.8 Å². The summed E-state index contributed by atoms with van der Waals surface area (Å²) in [4.78, 5) is 20.8. The van der Waals surface area contributed by atoms with Gasteiger partial charge in [-0.1, -0.05) is 76.1 Å². The fourth-order valence-electron chi connectivity index (χ4n) is 3.82. The van der Waals surface area contributed by atoms with Gasteiger partial charge in [-0.15, -0.1) is 0 Å². The molecule has 0 aliphatic rings. The number of fused-ring (bicyclic) bond motifs is 3. The first-order chi connectivity index (χ1) is 16.5. The van der Waals surface area contributed by atoms with E-state index in [1.807, 2.05) is 30.3 Å². The van der Waals surface area contributed by atoms with Gasteiger partial charge >= 0.3 is 0 Å². The Balaban J connectivity index is 0.00000103. The number of nitrogens with one attached hydrogen (secondary N) is 1. The van der Waals surface area contributed by atoms with Crippen LogP contribution in [0.4, 0.5) is 5.82 Å². The number of nitrogens with two attached hydrogens (primary N) is 2. The summed E-state index contributed by atoms with van der Waals surface area (Å²) in [7, 11) is 0. The van der Waals surface area contributed by atoms with Crippen LogP contribution in [0.5, 0.6) is 0 Å². The van der Waals surface area contributed by atoms with Crippen LogP contribution in [0.3, 0.4) is 0 Å². The molecule has 0 aliphatic carbocycles. The minimum atomic E-state index is -0.160. The molecule has 0 saturated carbocycles. The molecular weight excluding hydrogens is 424 g/mol. The number of aromatic nitrogens is 3. The number of hydrogen-bond acceptors (Lipinski definition) is 5. The van der Waals surface area contributed by atoms with Crippen LogP contribution in [-0.2, 0) is 24.3 Å². The number of hydrogen-bond donors (Lipinski definition) is 3. The summed E-state index contributed by atoms with van der Waals surface area (Å²) < 4.78 is 2.27. The fraction of sp³-hybridized carbons (Fsp3) is 0.370. The molecule has 7 nitrogen and oxygen atoms in total. The van der Waals surface area contributed by atoms with Crippen LogP contribution in [0.1, 0.15) is 57.0 Å². The Labute approximate surface area is 201 Å². The molecule has 4 rings (SSSR count). The fourth-order valence-corrected chi connectivity index (χ4v) is 3.82. The van der Waals surface area contributed by atoms with Gasteiger partial charge in [0.2, 0.25) is 5.91 Å². The smallest absolute Gasteiger partial charge is 0.234 e. The van der Waals surface area contributed by atoms with Crippen LogP contribution in [-0.4, -0.2) is 27.0 Å². The quantitative estimate of drug-likeness (QED) is 0.357. The number of aryl methyl sites for hydroxylation is 1. The minimum absolute atomic E-state index is 0.00172. The van der Waals surface area contributed by atoms with E-state index in [9.17, 15) is 4.79 Å². The van der Waals surface area contributed by atoms with Crippen molar-refractivity contribution < 1.29 is 4.79 Å². The summed E-state index contributed by atoms with van der Waals surface area (Å²) in [5.74, 6) is 1.34. The van der Waals surface area contributed by atoms with Crippen molar-refractivity contribution in [2.45, 2.75) is 59.5 Å². The van der Waals surface area contributed by atoms with Gasteiger partial charge in [-0.3, -0.25) is 4.79 Å². The predicted octanol–water partition coefficient (Wildman–Crippen LogP) is 4.55. The predicted molar refractivity (Wildman–Crippen MR) is 140 cm³/mol. The summed E-state index contributed by atoms with van der Waals surface area (Å²) >= 11 is 0. The molecule has 1 amide bonds. The summed E-state index contributed by atoms with van der Waals surface area (Å²) in [6.07, 6.45) is 4.30. The first kappa shape index (κ1) is 25.2. The second-order valence-corrected chi connectivity index (χ2v) is 8.43. The van der Waals surface area contributed by atoms with E-state index in [1.165, 1.54) is 6.42 Å². The van der Waals surface area contributed by atoms with E-state index in [1.54, 1.807) is 0 Å². The summed E-state index contributed by atoms with van der Waals surface area (Å²) in [5, 5.41) is 3.85. The van der Waals surface area contributed by atoms with Crippen molar-refractivity contribution in [2.24, 2.45) is 5.73 Å². The van der Waals surface area contributed by atoms with Crippen molar-refractivity contribution >= 4 is 33.7 Å². The molecule has 0 radical (unpaired) electrons. The standard InChI is InChI=1S/C24H28N6O.C3H8/c1-2-3-8-20-29-22-23(18-6-4-5-7-19(18)28-24(22)26)30(20)15-17-11-9-16(10-12-17)14-27-21(31)13-25;1-3-2/h4-7,9-12H,2-3,8,13-15,25H2,1H3,(H2,26,28)(H,27,31);3H2,1-2H3. The van der Waals surface area contributed by atoms with E-state index < -0.39 is 0 Å². The molecule has 2 aromatic carbocycles. The Bertz CT molecular complexity index is 1230. The summed E-state index contributed by atoms with van der Waals surface area (Å²) in [5.41, 5.74) is 16.5. The zero-order valence-corrected chi connectivity index (χ0v) is 20.5. The van der Waals surface area contributed by atoms with E-state index in [0.717, 1.165) is 58.2 Å². The first-order valence-electron chi connectivity index (χ1n) is 12.1. The molecule has 34 heavy (non-hydrogen) atoms. The highest BCUT2D eigenvalue weighted by Crippen LogP contribution is 2.30. The van der Waals surface area contributed by atoms with Crippen molar-refractivity contribution in [1.82, 2.24) is 19.9 Å². The van der Waals surface area contributed by atoms with Crippen LogP contribution in [0.25, 0.3) is 21.9 Å². The van der Waals surface area contributed by atoms with Crippen LogP contribution >= 0.6 is 0 Å². The van der Waals surface area contributed by atoms with E-state index in [0.29, 0.717) is 18.9 Å². The number of nitrogen functional groups attached to an aromatic ring is 1. The Morgan fingerprint density at radius 2 is 1.68 bits per heavy atom. The molecule has 2 aromatic heterocycles. The molecule has 0 aliphatic heterocycles. The number of para-hydroxylation sites is 1. The molecule has 0 fully saturated rings. The van der Waals surface area contributed by atoms with Crippen molar-refractivity contribution in [1.29, 1.82) is 0 Å². The van der Waals surface area contributed by atoms with E-state index in [4.69, 9.17) is 16.5 Å². The zero-order valence-electron chi connectivity index (χ0n) is 20.5. The lowest BCUT2D eigenvalue weighted by Crippen LogP contribution is -2.29. The SMILES string of the molecule is CCC.CCCCc1nc2c(N)nc3ccccc3c2n1Cc1ccc(CNC(=O)CN)cc1. The van der Waals surface area contributed by atoms with Gasteiger partial charge in [-0.25, -0.2) is 9.97 Å². The highest BCUT2D eigenvalue weighted by atomic mass is 16.1. The second kappa shape index (κ2) is 12.1. The lowest BCUT2D eigenvalue weighted by atomic mass is 10.1. The molecule has 4 aromatic rings. The third-order valence-corrected chi connectivity index (χ3v) is 5.48. The number of unbranched alkanes of at least 4 members (excludes halogenated alkanes) is 1. The number of anilines is 1. The number of imidazole rings is 1. The van der Waals surface area contributed by atoms with E-state index in [-0.39, 0.29) is 12.5 Å². The van der Waals surface area contributed by atoms with Crippen molar-refractivity contribution in [3.63, 3.8) is 0 Å². The number of benzene rings is 2. The molecule has 2 heterocycles. The average Bonchev–Trinajstić information content (AvgIpc) is 3.21. The maximum Gasteiger partial charge on any atom is 0.234 e. The molecule has 0 atom stereocenters. The lowest BCUT2D eigenvalue weighted by Gasteiger charge is -2.12. The highest BCUT2D eigenvalue weighted by Gasteiger charge is 2.17. The van der Waals surface area contributed by atoms with Crippen molar-refractivity contribution in [2.75, 3.05) is 12.3 Å². The van der Waals surface area contributed by atoms with Gasteiger partial charge in [0.15, 0.2) is 5.82 Å². The third-order valence-electron chi connectivity index (χ3n) is 5.48. The molecule has 0 saturated heterocycles. The van der Waals surface area contributed by atoms with Crippen LogP contribution in [0.15, 0.2) is 48.5 Å². The van der Waals surface area contributed by atoms with Gasteiger partial charge in [0.25, 0.3) is 0 Å². The Morgan fingerprint density at radius 1 is 1.00 bits per heavy atom. The van der Waals surface area contributed by atoms with Crippen LogP contribution in [0.2, 0.25) is 0 Å². The molecule has 0 unspecified atom stereocenters. The van der Waals surface area contributed by atoms with Crippen molar-refractivity contribution in [3.05, 3.63) is 65.5 Å². The number of amides is 1. The summed E-state index contributed by atoms with van der Waals surface area (Å²) in [6.45, 7) is 7.59. The highest BCUT2D eigenvalue weighted by molar-refractivity contribution is 6.06. The number of pyridine rings is 1. The summed E-state index contributed by atoms with van der Waals surface area (Å²) in [6, 6.07) is 16.3. The normalized spacial score (nSPS) is 10.8. The van der Waals surface area contributed by atoms with Gasteiger partial charge < -0.3 is 21.4 Å². The number of nitrogens with zero attached hydrogens (tertiary/aromatic N) is 3. The molecule has 0 spiro atoms. The number of rotatable bonds is 8. The van der Waals surface area contributed by atoms with Crippen LogP contribution in [0, 0.1) is 0 Å². The zero-order chi connectivity index (χ0) is 24.5. The lowest BCUT2D eigenvalue weighted by molar-refractivity contribution is -0.119. The van der Waals surface area contributed by atoms with Gasteiger partial charge in [0.05, 0.1) is 17.6 Å². The molecular formula is C27H36N6O. The minimum Gasteiger partial charge on any atom is -0.382 e. The van der Waals surface area contributed by atoms with Gasteiger partial charge in [0, 0.05) is 24.9 Å². The topological polar surface area (TPSA) is 112 Å². The van der Waals surface area contributed by atoms with E-state index in [2.05, 4.69) is 53.8 Å². The molecule has 5 N–H and O–H groups in total. The second-order valence-electron chi connectivity index (χ2n) is 8.43. The largest absolute Gasteiger partial charge is 0.382 e.